The van der Waals surface area contributed by atoms with Crippen molar-refractivity contribution in [2.75, 3.05) is 32.7 Å². The highest BCUT2D eigenvalue weighted by Gasteiger charge is 2.32. The van der Waals surface area contributed by atoms with E-state index in [1.54, 1.807) is 30.3 Å². The summed E-state index contributed by atoms with van der Waals surface area (Å²) in [5.41, 5.74) is -0.134. The van der Waals surface area contributed by atoms with Crippen LogP contribution in [0.15, 0.2) is 77.7 Å². The van der Waals surface area contributed by atoms with E-state index < -0.39 is 32.8 Å². The highest BCUT2D eigenvalue weighted by atomic mass is 32.2. The van der Waals surface area contributed by atoms with Crippen LogP contribution in [-0.2, 0) is 27.6 Å². The number of nitrogens with zero attached hydrogens (tertiary/aromatic N) is 1. The van der Waals surface area contributed by atoms with Gasteiger partial charge in [-0.05, 0) is 48.0 Å². The number of alkyl halides is 3. The van der Waals surface area contributed by atoms with Crippen molar-refractivity contribution in [3.63, 3.8) is 0 Å². The molecule has 0 heterocycles. The van der Waals surface area contributed by atoms with E-state index in [-0.39, 0.29) is 25.4 Å². The Balaban J connectivity index is 1.79. The number of nitrogens with one attached hydrogen (secondary N) is 1. The van der Waals surface area contributed by atoms with Crippen LogP contribution in [-0.4, -0.2) is 46.7 Å². The second kappa shape index (κ2) is 12.0. The Bertz CT molecular complexity index is 1330. The molecule has 2 amide bonds. The first kappa shape index (κ1) is 27.8. The van der Waals surface area contributed by atoms with Gasteiger partial charge in [-0.25, -0.2) is 4.79 Å². The molecule has 0 aromatic heterocycles. The zero-order valence-corrected chi connectivity index (χ0v) is 20.8. The molecular weight excluding hydrogens is 513 g/mol. The van der Waals surface area contributed by atoms with Crippen LogP contribution in [0.25, 0.3) is 0 Å². The summed E-state index contributed by atoms with van der Waals surface area (Å²) < 4.78 is 79.7. The lowest BCUT2D eigenvalue weighted by molar-refractivity contribution is -0.137. The molecule has 0 saturated heterocycles. The molecule has 0 aliphatic heterocycles. The minimum atomic E-state index is -4.71. The minimum Gasteiger partial charge on any atom is -0.495 e. The number of carbonyl (C=O) groups excluding carboxylic acids is 1. The monoisotopic (exact) mass is 538 g/mol. The van der Waals surface area contributed by atoms with Crippen LogP contribution in [0.3, 0.4) is 0 Å². The maximum atomic E-state index is 13.0. The number of halogens is 3. The topological polar surface area (TPSA) is 94.2 Å². The average Bonchev–Trinajstić information content (AvgIpc) is 2.86. The van der Waals surface area contributed by atoms with Gasteiger partial charge in [0.25, 0.3) is 0 Å². The molecule has 0 atom stereocenters. The van der Waals surface area contributed by atoms with Crippen molar-refractivity contribution in [2.24, 2.45) is 0 Å². The van der Waals surface area contributed by atoms with Crippen LogP contribution in [0.4, 0.5) is 23.7 Å². The van der Waals surface area contributed by atoms with Crippen LogP contribution in [0, 0.1) is 0 Å². The number of benzene rings is 3. The molecule has 0 radical (unpaired) electrons. The number of ether oxygens (including phenoxy) is 2. The number of para-hydroxylation sites is 2. The molecule has 0 spiro atoms. The molecule has 8 nitrogen and oxygen atoms in total. The number of hydrogen-bond acceptors (Lipinski definition) is 6. The lowest BCUT2D eigenvalue weighted by Crippen LogP contribution is -2.37. The molecule has 3 aromatic carbocycles. The summed E-state index contributed by atoms with van der Waals surface area (Å²) in [6, 6.07) is 15.6. The van der Waals surface area contributed by atoms with Gasteiger partial charge >= 0.3 is 22.3 Å². The molecule has 37 heavy (non-hydrogen) atoms. The Hall–Kier alpha value is -3.77. The predicted molar refractivity (Wildman–Crippen MR) is 130 cm³/mol. The van der Waals surface area contributed by atoms with E-state index in [0.717, 1.165) is 18.2 Å². The van der Waals surface area contributed by atoms with E-state index in [1.165, 1.54) is 37.3 Å². The number of rotatable bonds is 10. The highest BCUT2D eigenvalue weighted by molar-refractivity contribution is 7.87. The van der Waals surface area contributed by atoms with E-state index in [4.69, 9.17) is 13.7 Å². The Kier molecular flexibility index (Phi) is 9.00. The van der Waals surface area contributed by atoms with E-state index in [0.29, 0.717) is 23.1 Å². The van der Waals surface area contributed by atoms with Gasteiger partial charge in [0.2, 0.25) is 0 Å². The summed E-state index contributed by atoms with van der Waals surface area (Å²) in [7, 11) is -1.58. The molecule has 0 saturated carbocycles. The molecule has 0 unspecified atom stereocenters. The fourth-order valence-corrected chi connectivity index (χ4v) is 4.28. The van der Waals surface area contributed by atoms with Gasteiger partial charge in [0, 0.05) is 20.2 Å². The molecule has 3 aromatic rings. The van der Waals surface area contributed by atoms with Gasteiger partial charge < -0.3 is 23.9 Å². The van der Waals surface area contributed by atoms with Crippen LogP contribution >= 0.6 is 0 Å². The van der Waals surface area contributed by atoms with Crippen molar-refractivity contribution in [1.29, 1.82) is 0 Å². The fourth-order valence-electron chi connectivity index (χ4n) is 3.31. The molecule has 0 fully saturated rings. The van der Waals surface area contributed by atoms with Gasteiger partial charge in [-0.2, -0.15) is 21.6 Å². The van der Waals surface area contributed by atoms with Crippen LogP contribution < -0.4 is 14.2 Å². The standard InChI is InChI=1S/C25H25F3N2O6S/c1-34-14-13-30(24(31)29-22-11-3-4-12-23(22)35-2)17-18-7-5-9-20(15-18)36-37(32,33)21-10-6-8-19(16-21)25(26,27)28/h3-12,15-16H,13-14,17H2,1-2H3,(H,29,31). The Morgan fingerprint density at radius 1 is 0.973 bits per heavy atom. The van der Waals surface area contributed by atoms with Crippen molar-refractivity contribution in [2.45, 2.75) is 17.6 Å². The summed E-state index contributed by atoms with van der Waals surface area (Å²) in [5.74, 6) is 0.351. The third-order valence-electron chi connectivity index (χ3n) is 5.13. The number of carbonyl (C=O) groups is 1. The third-order valence-corrected chi connectivity index (χ3v) is 6.37. The SMILES string of the molecule is COCCN(Cc1cccc(OS(=O)(=O)c2cccc(C(F)(F)F)c2)c1)C(=O)Nc1ccccc1OC. The van der Waals surface area contributed by atoms with Crippen molar-refractivity contribution < 1.29 is 40.0 Å². The normalized spacial score (nSPS) is 11.6. The molecule has 0 aliphatic rings. The molecule has 3 rings (SSSR count). The number of amides is 2. The predicted octanol–water partition coefficient (Wildman–Crippen LogP) is 5.16. The maximum absolute atomic E-state index is 13.0. The van der Waals surface area contributed by atoms with Crippen LogP contribution in [0.1, 0.15) is 11.1 Å². The first-order valence-electron chi connectivity index (χ1n) is 10.9. The Morgan fingerprint density at radius 3 is 2.41 bits per heavy atom. The zero-order chi connectivity index (χ0) is 27.1. The van der Waals surface area contributed by atoms with Gasteiger partial charge in [0.1, 0.15) is 16.4 Å². The average molecular weight is 539 g/mol. The third kappa shape index (κ3) is 7.61. The number of methoxy groups -OCH3 is 2. The van der Waals surface area contributed by atoms with Gasteiger partial charge in [-0.3, -0.25) is 0 Å². The van der Waals surface area contributed by atoms with E-state index in [2.05, 4.69) is 5.32 Å². The van der Waals surface area contributed by atoms with Crippen molar-refractivity contribution in [3.05, 3.63) is 83.9 Å². The second-order valence-electron chi connectivity index (χ2n) is 7.76. The van der Waals surface area contributed by atoms with E-state index >= 15 is 0 Å². The Morgan fingerprint density at radius 2 is 1.70 bits per heavy atom. The number of urea groups is 1. The van der Waals surface area contributed by atoms with Crippen molar-refractivity contribution in [1.82, 2.24) is 4.90 Å². The van der Waals surface area contributed by atoms with Gasteiger partial charge in [0.15, 0.2) is 0 Å². The molecule has 1 N–H and O–H groups in total. The highest BCUT2D eigenvalue weighted by Crippen LogP contribution is 2.31. The molecule has 0 bridgehead atoms. The fraction of sp³-hybridized carbons (Fsp3) is 0.240. The second-order valence-corrected chi connectivity index (χ2v) is 9.30. The molecular formula is C25H25F3N2O6S. The van der Waals surface area contributed by atoms with Gasteiger partial charge in [-0.1, -0.05) is 30.3 Å². The number of hydrogen-bond donors (Lipinski definition) is 1. The minimum absolute atomic E-state index is 0.0607. The first-order valence-corrected chi connectivity index (χ1v) is 12.3. The molecule has 198 valence electrons. The maximum Gasteiger partial charge on any atom is 0.416 e. The first-order chi connectivity index (χ1) is 17.5. The quantitative estimate of drug-likeness (QED) is 0.359. The van der Waals surface area contributed by atoms with E-state index in [1.807, 2.05) is 0 Å². The van der Waals surface area contributed by atoms with Crippen LogP contribution in [0.5, 0.6) is 11.5 Å². The summed E-state index contributed by atoms with van der Waals surface area (Å²) in [4.78, 5) is 13.8. The molecule has 12 heteroatoms. The Labute approximate surface area is 212 Å². The largest absolute Gasteiger partial charge is 0.495 e. The van der Waals surface area contributed by atoms with Gasteiger partial charge in [-0.15, -0.1) is 0 Å². The number of anilines is 1. The molecule has 0 aliphatic carbocycles. The summed E-state index contributed by atoms with van der Waals surface area (Å²) in [6.45, 7) is 0.510. The summed E-state index contributed by atoms with van der Waals surface area (Å²) in [5, 5.41) is 2.77. The lowest BCUT2D eigenvalue weighted by Gasteiger charge is -2.23. The zero-order valence-electron chi connectivity index (χ0n) is 20.0. The smallest absolute Gasteiger partial charge is 0.416 e. The van der Waals surface area contributed by atoms with Crippen molar-refractivity contribution >= 4 is 21.8 Å². The summed E-state index contributed by atoms with van der Waals surface area (Å²) in [6.07, 6.45) is -4.71. The summed E-state index contributed by atoms with van der Waals surface area (Å²) >= 11 is 0. The van der Waals surface area contributed by atoms with E-state index in [9.17, 15) is 26.4 Å². The van der Waals surface area contributed by atoms with Crippen molar-refractivity contribution in [3.8, 4) is 11.5 Å². The lowest BCUT2D eigenvalue weighted by atomic mass is 10.2. The van der Waals surface area contributed by atoms with Gasteiger partial charge in [0.05, 0.1) is 25.0 Å². The van der Waals surface area contributed by atoms with Crippen LogP contribution in [0.2, 0.25) is 0 Å².